The lowest BCUT2D eigenvalue weighted by molar-refractivity contribution is -0.331. The van der Waals surface area contributed by atoms with Crippen molar-refractivity contribution >= 4 is 5.78 Å². The molecule has 0 aromatic rings. The Bertz CT molecular complexity index is 869. The molecule has 3 rings (SSSR count). The molecule has 36 heavy (non-hydrogen) atoms. The van der Waals surface area contributed by atoms with E-state index in [-0.39, 0.29) is 18.8 Å². The number of carbonyl (C=O) groups is 1. The molecule has 0 aromatic carbocycles. The molecule has 206 valence electrons. The number of rotatable bonds is 7. The molecular weight excluding hydrogens is 480 g/mol. The van der Waals surface area contributed by atoms with E-state index in [1.54, 1.807) is 6.92 Å². The number of hydrogen-bond acceptors (Lipinski definition) is 12. The van der Waals surface area contributed by atoms with Crippen molar-refractivity contribution in [1.82, 2.24) is 0 Å². The van der Waals surface area contributed by atoms with Crippen LogP contribution in [0.4, 0.5) is 0 Å². The van der Waals surface area contributed by atoms with Crippen LogP contribution in [0.3, 0.4) is 0 Å². The second kappa shape index (κ2) is 10.9. The van der Waals surface area contributed by atoms with E-state index in [0.29, 0.717) is 12.0 Å². The summed E-state index contributed by atoms with van der Waals surface area (Å²) in [5.74, 6) is -0.235. The van der Waals surface area contributed by atoms with Gasteiger partial charge >= 0.3 is 0 Å². The monoisotopic (exact) mass is 518 g/mol. The van der Waals surface area contributed by atoms with Crippen LogP contribution in [0.25, 0.3) is 0 Å². The minimum absolute atomic E-state index is 0.0960. The number of ketones is 1. The minimum atomic E-state index is -1.91. The predicted octanol–water partition coefficient (Wildman–Crippen LogP) is -2.12. The van der Waals surface area contributed by atoms with Gasteiger partial charge in [0.15, 0.2) is 18.4 Å². The molecule has 12 heteroatoms. The molecule has 0 bridgehead atoms. The van der Waals surface area contributed by atoms with Gasteiger partial charge in [0.2, 0.25) is 0 Å². The topological polar surface area (TPSA) is 196 Å². The van der Waals surface area contributed by atoms with Crippen molar-refractivity contribution in [3.05, 3.63) is 17.4 Å². The van der Waals surface area contributed by atoms with Crippen LogP contribution in [0.5, 0.6) is 0 Å². The zero-order valence-electron chi connectivity index (χ0n) is 20.9. The third kappa shape index (κ3) is 5.91. The highest BCUT2D eigenvalue weighted by Gasteiger charge is 2.53. The van der Waals surface area contributed by atoms with E-state index < -0.39 is 79.0 Å². The van der Waals surface area contributed by atoms with E-state index in [2.05, 4.69) is 5.73 Å². The number of carbonyl (C=O) groups excluding carboxylic acids is 1. The summed E-state index contributed by atoms with van der Waals surface area (Å²) in [5.41, 5.74) is -0.245. The first-order chi connectivity index (χ1) is 16.6. The number of ether oxygens (including phenoxy) is 4. The van der Waals surface area contributed by atoms with Crippen molar-refractivity contribution < 1.29 is 59.5 Å². The van der Waals surface area contributed by atoms with Crippen LogP contribution >= 0.6 is 0 Å². The van der Waals surface area contributed by atoms with Crippen molar-refractivity contribution in [2.45, 2.75) is 101 Å². The van der Waals surface area contributed by atoms with Gasteiger partial charge in [-0.1, -0.05) is 13.8 Å². The molecule has 2 unspecified atom stereocenters. The van der Waals surface area contributed by atoms with Crippen LogP contribution in [-0.2, 0) is 23.7 Å². The summed E-state index contributed by atoms with van der Waals surface area (Å²) >= 11 is 0. The van der Waals surface area contributed by atoms with Gasteiger partial charge in [-0.15, -0.1) is 5.73 Å². The zero-order valence-corrected chi connectivity index (χ0v) is 20.9. The molecule has 2 aliphatic heterocycles. The lowest BCUT2D eigenvalue weighted by Gasteiger charge is -2.50. The molecular formula is C24H38O12. The summed E-state index contributed by atoms with van der Waals surface area (Å²) in [4.78, 5) is 11.6. The average Bonchev–Trinajstić information content (AvgIpc) is 3.06. The molecule has 1 saturated carbocycles. The fourth-order valence-corrected chi connectivity index (χ4v) is 5.19. The molecule has 3 fully saturated rings. The molecule has 1 aliphatic carbocycles. The molecule has 2 heterocycles. The highest BCUT2D eigenvalue weighted by Crippen LogP contribution is 2.48. The molecule has 0 aromatic heterocycles. The van der Waals surface area contributed by atoms with E-state index >= 15 is 0 Å². The van der Waals surface area contributed by atoms with Crippen LogP contribution in [0.15, 0.2) is 17.4 Å². The molecule has 0 spiro atoms. The van der Waals surface area contributed by atoms with E-state index in [4.69, 9.17) is 18.9 Å². The first-order valence-corrected chi connectivity index (χ1v) is 11.9. The molecule has 0 amide bonds. The Hall–Kier alpha value is -1.25. The quantitative estimate of drug-likeness (QED) is 0.143. The van der Waals surface area contributed by atoms with E-state index in [9.17, 15) is 40.5 Å². The predicted molar refractivity (Wildman–Crippen MR) is 121 cm³/mol. The van der Waals surface area contributed by atoms with E-state index in [1.807, 2.05) is 13.8 Å². The Morgan fingerprint density at radius 1 is 1.08 bits per heavy atom. The van der Waals surface area contributed by atoms with Gasteiger partial charge in [-0.25, -0.2) is 0 Å². The van der Waals surface area contributed by atoms with Crippen molar-refractivity contribution in [3.63, 3.8) is 0 Å². The molecule has 10 atom stereocenters. The Morgan fingerprint density at radius 3 is 2.33 bits per heavy atom. The fourth-order valence-electron chi connectivity index (χ4n) is 5.19. The van der Waals surface area contributed by atoms with Crippen molar-refractivity contribution in [1.29, 1.82) is 0 Å². The highest BCUT2D eigenvalue weighted by atomic mass is 16.7. The first-order valence-electron chi connectivity index (χ1n) is 11.9. The van der Waals surface area contributed by atoms with Gasteiger partial charge in [0.1, 0.15) is 36.1 Å². The van der Waals surface area contributed by atoms with Crippen LogP contribution in [0.1, 0.15) is 40.5 Å². The van der Waals surface area contributed by atoms with Gasteiger partial charge in [0.05, 0.1) is 31.5 Å². The summed E-state index contributed by atoms with van der Waals surface area (Å²) in [5, 5.41) is 71.6. The van der Waals surface area contributed by atoms with Gasteiger partial charge in [-0.2, -0.15) is 0 Å². The lowest BCUT2D eigenvalue weighted by Crippen LogP contribution is -2.62. The van der Waals surface area contributed by atoms with Gasteiger partial charge in [-0.05, 0) is 25.7 Å². The highest BCUT2D eigenvalue weighted by molar-refractivity contribution is 5.87. The second-order valence-electron chi connectivity index (χ2n) is 10.8. The van der Waals surface area contributed by atoms with Gasteiger partial charge < -0.3 is 54.7 Å². The maximum absolute atomic E-state index is 11.6. The van der Waals surface area contributed by atoms with Crippen molar-refractivity contribution in [2.75, 3.05) is 19.8 Å². The maximum atomic E-state index is 11.6. The fraction of sp³-hybridized carbons (Fsp3) is 0.833. The summed E-state index contributed by atoms with van der Waals surface area (Å²) < 4.78 is 22.5. The summed E-state index contributed by atoms with van der Waals surface area (Å²) in [6.07, 6.45) is -9.58. The second-order valence-corrected chi connectivity index (χ2v) is 10.8. The molecule has 7 N–H and O–H groups in total. The summed E-state index contributed by atoms with van der Waals surface area (Å²) in [6, 6.07) is 0. The lowest BCUT2D eigenvalue weighted by atomic mass is 9.65. The summed E-state index contributed by atoms with van der Waals surface area (Å²) in [6.45, 7) is 5.19. The number of aliphatic hydroxyl groups is 7. The van der Waals surface area contributed by atoms with Gasteiger partial charge in [0.25, 0.3) is 0 Å². The molecule has 0 radical (unpaired) electrons. The Morgan fingerprint density at radius 2 is 1.75 bits per heavy atom. The first kappa shape index (κ1) is 29.3. The van der Waals surface area contributed by atoms with Crippen molar-refractivity contribution in [3.8, 4) is 0 Å². The molecule has 12 nitrogen and oxygen atoms in total. The Labute approximate surface area is 209 Å². The molecule has 2 saturated heterocycles. The maximum Gasteiger partial charge on any atom is 0.187 e. The summed E-state index contributed by atoms with van der Waals surface area (Å²) in [7, 11) is 0. The zero-order chi connectivity index (χ0) is 27.1. The molecule has 3 aliphatic rings. The van der Waals surface area contributed by atoms with Gasteiger partial charge in [-0.3, -0.25) is 4.79 Å². The minimum Gasteiger partial charge on any atom is -0.393 e. The van der Waals surface area contributed by atoms with Crippen LogP contribution in [0.2, 0.25) is 0 Å². The average molecular weight is 519 g/mol. The van der Waals surface area contributed by atoms with Crippen LogP contribution in [-0.4, -0.2) is 122 Å². The van der Waals surface area contributed by atoms with E-state index in [0.717, 1.165) is 0 Å². The van der Waals surface area contributed by atoms with Crippen LogP contribution in [0, 0.1) is 5.41 Å². The third-order valence-electron chi connectivity index (χ3n) is 7.05. The standard InChI is InChI=1S/C24H38O12/c1-12(26)5-6-15-22(2,3)7-13(27)8-23(15,4)36-20-18(30)17(29)16(28)14(35-20)9-33-21-19(31)24(32,10-25)11-34-21/h5,13-14,16-21,25,27-32H,7-11H2,1-4H3/t6?,13?,14-,16-,17+,18-,19+,20+,21+,23?,24-/m1/s1. The van der Waals surface area contributed by atoms with E-state index in [1.165, 1.54) is 13.0 Å². The van der Waals surface area contributed by atoms with Crippen LogP contribution < -0.4 is 0 Å². The largest absolute Gasteiger partial charge is 0.393 e. The van der Waals surface area contributed by atoms with Crippen molar-refractivity contribution in [2.24, 2.45) is 5.41 Å². The third-order valence-corrected chi connectivity index (χ3v) is 7.05. The number of hydrogen-bond donors (Lipinski definition) is 7. The Kier molecular flexibility index (Phi) is 8.84. The van der Waals surface area contributed by atoms with Gasteiger partial charge in [0, 0.05) is 18.1 Å². The smallest absolute Gasteiger partial charge is 0.187 e. The number of aliphatic hydroxyl groups excluding tert-OH is 6. The Balaban J connectivity index is 1.79. The SMILES string of the molecule is CC(=O)C=C=C1C(C)(C)CC(O)CC1(C)O[C@@H]1O[C@H](CO[C@H]2OC[C@](O)(CO)[C@H]2O)[C@@H](O)[C@H](O)[C@H]1O. The normalized spacial score (nSPS) is 44.8.